The number of aromatic nitrogens is 2. The van der Waals surface area contributed by atoms with Crippen LogP contribution in [0.3, 0.4) is 0 Å². The van der Waals surface area contributed by atoms with E-state index in [-0.39, 0.29) is 0 Å². The van der Waals surface area contributed by atoms with Gasteiger partial charge < -0.3 is 15.2 Å². The normalized spacial score (nSPS) is 10.5. The van der Waals surface area contributed by atoms with Crippen molar-refractivity contribution in [2.45, 2.75) is 13.3 Å². The van der Waals surface area contributed by atoms with Crippen LogP contribution in [0, 0.1) is 6.92 Å². The maximum atomic E-state index is 5.66. The highest BCUT2D eigenvalue weighted by molar-refractivity contribution is 5.72. The van der Waals surface area contributed by atoms with Gasteiger partial charge in [-0.3, -0.25) is 5.10 Å². The molecule has 1 aromatic carbocycles. The third-order valence-corrected chi connectivity index (χ3v) is 3.13. The summed E-state index contributed by atoms with van der Waals surface area (Å²) in [6.07, 6.45) is 0.776. The maximum Gasteiger partial charge on any atom is 0.128 e. The molecule has 0 aliphatic heterocycles. The van der Waals surface area contributed by atoms with Crippen LogP contribution in [-0.2, 0) is 6.42 Å². The number of nitrogens with zero attached hydrogens (tertiary/aromatic N) is 1. The fourth-order valence-electron chi connectivity index (χ4n) is 2.12. The first-order valence-electron chi connectivity index (χ1n) is 6.17. The first-order chi connectivity index (χ1) is 9.21. The van der Waals surface area contributed by atoms with Crippen molar-refractivity contribution in [3.63, 3.8) is 0 Å². The lowest BCUT2D eigenvalue weighted by atomic mass is 10.0. The van der Waals surface area contributed by atoms with Crippen molar-refractivity contribution in [3.8, 4) is 22.8 Å². The Balaban J connectivity index is 2.56. The van der Waals surface area contributed by atoms with Gasteiger partial charge in [-0.05, 0) is 38.1 Å². The molecular weight excluding hydrogens is 242 g/mol. The van der Waals surface area contributed by atoms with E-state index >= 15 is 0 Å². The van der Waals surface area contributed by atoms with Crippen LogP contribution in [0.2, 0.25) is 0 Å². The number of nitrogens with two attached hydrogens (primary N) is 1. The quantitative estimate of drug-likeness (QED) is 0.862. The number of aryl methyl sites for hydroxylation is 1. The van der Waals surface area contributed by atoms with Gasteiger partial charge in [-0.25, -0.2) is 0 Å². The summed E-state index contributed by atoms with van der Waals surface area (Å²) in [5.74, 6) is 1.54. The average Bonchev–Trinajstić information content (AvgIpc) is 2.80. The van der Waals surface area contributed by atoms with Crippen LogP contribution in [0.4, 0.5) is 0 Å². The van der Waals surface area contributed by atoms with E-state index in [2.05, 4.69) is 10.2 Å². The van der Waals surface area contributed by atoms with E-state index in [1.54, 1.807) is 14.2 Å². The lowest BCUT2D eigenvalue weighted by Gasteiger charge is -2.10. The minimum atomic E-state index is 0.583. The Labute approximate surface area is 112 Å². The van der Waals surface area contributed by atoms with Gasteiger partial charge in [-0.2, -0.15) is 5.10 Å². The van der Waals surface area contributed by atoms with Gasteiger partial charge in [0.25, 0.3) is 0 Å². The largest absolute Gasteiger partial charge is 0.497 e. The van der Waals surface area contributed by atoms with Gasteiger partial charge in [0.2, 0.25) is 0 Å². The van der Waals surface area contributed by atoms with Gasteiger partial charge in [0.1, 0.15) is 11.5 Å². The molecule has 1 heterocycles. The molecule has 2 rings (SSSR count). The number of nitrogens with one attached hydrogen (secondary N) is 1. The fraction of sp³-hybridized carbons (Fsp3) is 0.357. The van der Waals surface area contributed by atoms with Gasteiger partial charge in [0.05, 0.1) is 19.9 Å². The monoisotopic (exact) mass is 261 g/mol. The number of rotatable bonds is 5. The van der Waals surface area contributed by atoms with Crippen LogP contribution in [0.5, 0.6) is 11.5 Å². The Morgan fingerprint density at radius 2 is 2.05 bits per heavy atom. The van der Waals surface area contributed by atoms with Crippen molar-refractivity contribution in [2.75, 3.05) is 20.8 Å². The van der Waals surface area contributed by atoms with E-state index in [0.717, 1.165) is 40.4 Å². The Morgan fingerprint density at radius 3 is 2.68 bits per heavy atom. The van der Waals surface area contributed by atoms with Crippen molar-refractivity contribution in [2.24, 2.45) is 5.73 Å². The molecule has 102 valence electrons. The number of H-pyrrole nitrogens is 1. The molecule has 0 atom stereocenters. The van der Waals surface area contributed by atoms with E-state index in [1.807, 2.05) is 25.1 Å². The second-order valence-electron chi connectivity index (χ2n) is 4.28. The van der Waals surface area contributed by atoms with Gasteiger partial charge in [-0.1, -0.05) is 0 Å². The van der Waals surface area contributed by atoms with Gasteiger partial charge >= 0.3 is 0 Å². The highest BCUT2D eigenvalue weighted by atomic mass is 16.5. The number of hydrogen-bond donors (Lipinski definition) is 2. The lowest BCUT2D eigenvalue weighted by Crippen LogP contribution is -2.04. The molecule has 0 aliphatic rings. The molecule has 0 aliphatic carbocycles. The topological polar surface area (TPSA) is 73.2 Å². The minimum Gasteiger partial charge on any atom is -0.497 e. The molecule has 0 amide bonds. The number of hydrogen-bond acceptors (Lipinski definition) is 4. The highest BCUT2D eigenvalue weighted by Gasteiger charge is 2.16. The van der Waals surface area contributed by atoms with Crippen molar-refractivity contribution in [3.05, 3.63) is 29.5 Å². The van der Waals surface area contributed by atoms with E-state index in [4.69, 9.17) is 15.2 Å². The molecule has 5 nitrogen and oxygen atoms in total. The Bertz CT molecular complexity index is 564. The predicted octanol–water partition coefficient (Wildman–Crippen LogP) is 1.90. The summed E-state index contributed by atoms with van der Waals surface area (Å²) in [4.78, 5) is 0. The zero-order valence-corrected chi connectivity index (χ0v) is 11.5. The standard InChI is InChI=1S/C14H19N3O2/c1-9-11(6-7-15)14(17-16-9)12-8-10(18-2)4-5-13(12)19-3/h4-5,8H,6-7,15H2,1-3H3,(H,16,17). The molecule has 0 saturated heterocycles. The van der Waals surface area contributed by atoms with Crippen LogP contribution >= 0.6 is 0 Å². The fourth-order valence-corrected chi connectivity index (χ4v) is 2.12. The molecule has 0 saturated carbocycles. The van der Waals surface area contributed by atoms with Crippen molar-refractivity contribution >= 4 is 0 Å². The summed E-state index contributed by atoms with van der Waals surface area (Å²) < 4.78 is 10.7. The molecule has 19 heavy (non-hydrogen) atoms. The lowest BCUT2D eigenvalue weighted by molar-refractivity contribution is 0.404. The number of aromatic amines is 1. The number of ether oxygens (including phenoxy) is 2. The van der Waals surface area contributed by atoms with Gasteiger partial charge in [-0.15, -0.1) is 0 Å². The summed E-state index contributed by atoms with van der Waals surface area (Å²) in [7, 11) is 3.29. The zero-order valence-electron chi connectivity index (χ0n) is 11.5. The van der Waals surface area contributed by atoms with Crippen LogP contribution in [0.1, 0.15) is 11.3 Å². The Morgan fingerprint density at radius 1 is 1.26 bits per heavy atom. The van der Waals surface area contributed by atoms with E-state index in [9.17, 15) is 0 Å². The molecule has 0 radical (unpaired) electrons. The van der Waals surface area contributed by atoms with Crippen LogP contribution in [-0.4, -0.2) is 31.0 Å². The molecule has 0 bridgehead atoms. The first-order valence-corrected chi connectivity index (χ1v) is 6.17. The molecule has 5 heteroatoms. The minimum absolute atomic E-state index is 0.583. The second kappa shape index (κ2) is 5.75. The maximum absolute atomic E-state index is 5.66. The average molecular weight is 261 g/mol. The number of methoxy groups -OCH3 is 2. The molecule has 2 aromatic rings. The summed E-state index contributed by atoms with van der Waals surface area (Å²) >= 11 is 0. The van der Waals surface area contributed by atoms with Crippen LogP contribution in [0.25, 0.3) is 11.3 Å². The summed E-state index contributed by atoms with van der Waals surface area (Å²) in [6.45, 7) is 2.58. The molecule has 1 aromatic heterocycles. The second-order valence-corrected chi connectivity index (χ2v) is 4.28. The van der Waals surface area contributed by atoms with Crippen molar-refractivity contribution in [1.82, 2.24) is 10.2 Å². The summed E-state index contributed by atoms with van der Waals surface area (Å²) in [5, 5.41) is 7.38. The van der Waals surface area contributed by atoms with Gasteiger partial charge in [0, 0.05) is 16.8 Å². The first kappa shape index (κ1) is 13.4. The highest BCUT2D eigenvalue weighted by Crippen LogP contribution is 2.35. The smallest absolute Gasteiger partial charge is 0.128 e. The van der Waals surface area contributed by atoms with E-state index in [0.29, 0.717) is 6.54 Å². The van der Waals surface area contributed by atoms with E-state index < -0.39 is 0 Å². The zero-order chi connectivity index (χ0) is 13.8. The molecule has 3 N–H and O–H groups in total. The third-order valence-electron chi connectivity index (χ3n) is 3.13. The van der Waals surface area contributed by atoms with Gasteiger partial charge in [0.15, 0.2) is 0 Å². The predicted molar refractivity (Wildman–Crippen MR) is 74.6 cm³/mol. The van der Waals surface area contributed by atoms with Crippen LogP contribution < -0.4 is 15.2 Å². The van der Waals surface area contributed by atoms with Crippen LogP contribution in [0.15, 0.2) is 18.2 Å². The van der Waals surface area contributed by atoms with Crippen molar-refractivity contribution < 1.29 is 9.47 Å². The molecule has 0 fully saturated rings. The Kier molecular flexibility index (Phi) is 4.06. The van der Waals surface area contributed by atoms with Crippen molar-refractivity contribution in [1.29, 1.82) is 0 Å². The summed E-state index contributed by atoms with van der Waals surface area (Å²) in [6, 6.07) is 5.67. The molecular formula is C14H19N3O2. The van der Waals surface area contributed by atoms with E-state index in [1.165, 1.54) is 0 Å². The molecule has 0 spiro atoms. The Hall–Kier alpha value is -2.01. The number of benzene rings is 1. The third kappa shape index (κ3) is 2.56. The SMILES string of the molecule is COc1ccc(OC)c(-c2n[nH]c(C)c2CCN)c1. The summed E-state index contributed by atoms with van der Waals surface area (Å²) in [5.41, 5.74) is 9.60. The molecule has 0 unspecified atom stereocenters.